The SMILES string of the molecule is COc1cc(C(=O)Nc2ccc(NC(=O)N3CCCCCC3)cc2)ccc1OCc1cscn1. The molecule has 34 heavy (non-hydrogen) atoms. The molecule has 2 aromatic carbocycles. The monoisotopic (exact) mass is 480 g/mol. The van der Waals surface area contributed by atoms with Crippen molar-refractivity contribution in [1.29, 1.82) is 0 Å². The van der Waals surface area contributed by atoms with Gasteiger partial charge in [-0.25, -0.2) is 9.78 Å². The molecule has 0 unspecified atom stereocenters. The van der Waals surface area contributed by atoms with Crippen LogP contribution in [0.25, 0.3) is 0 Å². The summed E-state index contributed by atoms with van der Waals surface area (Å²) in [6, 6.07) is 12.0. The van der Waals surface area contributed by atoms with E-state index in [1.807, 2.05) is 10.3 Å². The maximum atomic E-state index is 12.7. The fourth-order valence-corrected chi connectivity index (χ4v) is 4.25. The van der Waals surface area contributed by atoms with E-state index in [1.165, 1.54) is 31.3 Å². The van der Waals surface area contributed by atoms with Gasteiger partial charge in [-0.2, -0.15) is 0 Å². The molecule has 0 bridgehead atoms. The first-order valence-corrected chi connectivity index (χ1v) is 12.2. The molecule has 2 N–H and O–H groups in total. The number of likely N-dealkylation sites (tertiary alicyclic amines) is 1. The molecule has 0 radical (unpaired) electrons. The summed E-state index contributed by atoms with van der Waals surface area (Å²) in [5.74, 6) is 0.733. The highest BCUT2D eigenvalue weighted by Gasteiger charge is 2.16. The van der Waals surface area contributed by atoms with Crippen molar-refractivity contribution in [2.75, 3.05) is 30.8 Å². The number of aromatic nitrogens is 1. The normalized spacial score (nSPS) is 13.6. The van der Waals surface area contributed by atoms with E-state index in [0.717, 1.165) is 31.6 Å². The third-order valence-corrected chi connectivity index (χ3v) is 6.21. The van der Waals surface area contributed by atoms with Crippen LogP contribution in [0.5, 0.6) is 11.5 Å². The molecule has 0 atom stereocenters. The number of nitrogens with zero attached hydrogens (tertiary/aromatic N) is 2. The highest BCUT2D eigenvalue weighted by molar-refractivity contribution is 7.07. The minimum atomic E-state index is -0.272. The Morgan fingerprint density at radius 3 is 2.32 bits per heavy atom. The van der Waals surface area contributed by atoms with E-state index in [4.69, 9.17) is 9.47 Å². The Bertz CT molecular complexity index is 1090. The van der Waals surface area contributed by atoms with E-state index < -0.39 is 0 Å². The first kappa shape index (κ1) is 23.6. The third kappa shape index (κ3) is 6.26. The summed E-state index contributed by atoms with van der Waals surface area (Å²) in [4.78, 5) is 31.3. The molecular formula is C25H28N4O4S. The zero-order chi connectivity index (χ0) is 23.8. The minimum Gasteiger partial charge on any atom is -0.493 e. The molecule has 0 saturated carbocycles. The van der Waals surface area contributed by atoms with Gasteiger partial charge in [-0.3, -0.25) is 4.79 Å². The molecule has 1 saturated heterocycles. The van der Waals surface area contributed by atoms with Gasteiger partial charge < -0.3 is 25.0 Å². The lowest BCUT2D eigenvalue weighted by Crippen LogP contribution is -2.35. The zero-order valence-corrected chi connectivity index (χ0v) is 19.9. The van der Waals surface area contributed by atoms with E-state index in [2.05, 4.69) is 15.6 Å². The van der Waals surface area contributed by atoms with Crippen LogP contribution in [-0.4, -0.2) is 42.0 Å². The Kier molecular flexibility index (Phi) is 7.98. The number of nitrogens with one attached hydrogen (secondary N) is 2. The molecular weight excluding hydrogens is 452 g/mol. The van der Waals surface area contributed by atoms with E-state index >= 15 is 0 Å². The van der Waals surface area contributed by atoms with Crippen LogP contribution in [0, 0.1) is 0 Å². The van der Waals surface area contributed by atoms with Crippen molar-refractivity contribution in [3.63, 3.8) is 0 Å². The average molecular weight is 481 g/mol. The zero-order valence-electron chi connectivity index (χ0n) is 19.1. The summed E-state index contributed by atoms with van der Waals surface area (Å²) in [7, 11) is 1.53. The van der Waals surface area contributed by atoms with Crippen LogP contribution in [0.4, 0.5) is 16.2 Å². The lowest BCUT2D eigenvalue weighted by Gasteiger charge is -2.20. The fourth-order valence-electron chi connectivity index (χ4n) is 3.71. The van der Waals surface area contributed by atoms with Crippen molar-refractivity contribution in [2.24, 2.45) is 0 Å². The molecule has 0 spiro atoms. The third-order valence-electron chi connectivity index (χ3n) is 5.57. The number of ether oxygens (including phenoxy) is 2. The lowest BCUT2D eigenvalue weighted by atomic mass is 10.1. The summed E-state index contributed by atoms with van der Waals surface area (Å²) < 4.78 is 11.2. The highest BCUT2D eigenvalue weighted by Crippen LogP contribution is 2.29. The average Bonchev–Trinajstić information content (AvgIpc) is 3.23. The van der Waals surface area contributed by atoms with Crippen LogP contribution in [0.2, 0.25) is 0 Å². The standard InChI is InChI=1S/C25H28N4O4S/c1-32-23-14-18(6-11-22(23)33-15-21-16-34-17-26-21)24(30)27-19-7-9-20(10-8-19)28-25(31)29-12-4-2-3-5-13-29/h6-11,14,16-17H,2-5,12-13,15H2,1H3,(H,27,30)(H,28,31). The maximum Gasteiger partial charge on any atom is 0.321 e. The molecule has 1 aliphatic heterocycles. The van der Waals surface area contributed by atoms with Gasteiger partial charge in [0, 0.05) is 35.4 Å². The van der Waals surface area contributed by atoms with E-state index in [9.17, 15) is 9.59 Å². The predicted octanol–water partition coefficient (Wildman–Crippen LogP) is 5.39. The number of hydrogen-bond acceptors (Lipinski definition) is 6. The van der Waals surface area contributed by atoms with Gasteiger partial charge >= 0.3 is 6.03 Å². The largest absolute Gasteiger partial charge is 0.493 e. The van der Waals surface area contributed by atoms with E-state index in [1.54, 1.807) is 48.0 Å². The van der Waals surface area contributed by atoms with Crippen molar-refractivity contribution in [2.45, 2.75) is 32.3 Å². The number of urea groups is 1. The Labute approximate surface area is 202 Å². The lowest BCUT2D eigenvalue weighted by molar-refractivity contribution is 0.102. The molecule has 9 heteroatoms. The van der Waals surface area contributed by atoms with Crippen molar-refractivity contribution >= 4 is 34.6 Å². The van der Waals surface area contributed by atoms with Crippen LogP contribution in [0.15, 0.2) is 53.4 Å². The second-order valence-corrected chi connectivity index (χ2v) is 8.72. The van der Waals surface area contributed by atoms with Gasteiger partial charge in [0.25, 0.3) is 5.91 Å². The number of anilines is 2. The molecule has 2 heterocycles. The van der Waals surface area contributed by atoms with Crippen LogP contribution in [0.1, 0.15) is 41.7 Å². The maximum absolute atomic E-state index is 12.7. The van der Waals surface area contributed by atoms with Crippen molar-refractivity contribution in [3.8, 4) is 11.5 Å². The van der Waals surface area contributed by atoms with Gasteiger partial charge in [-0.05, 0) is 55.3 Å². The number of amides is 3. The number of thiazole rings is 1. The molecule has 4 rings (SSSR count). The highest BCUT2D eigenvalue weighted by atomic mass is 32.1. The number of hydrogen-bond donors (Lipinski definition) is 2. The Morgan fingerprint density at radius 1 is 0.971 bits per heavy atom. The first-order valence-electron chi connectivity index (χ1n) is 11.3. The van der Waals surface area contributed by atoms with Crippen molar-refractivity contribution in [1.82, 2.24) is 9.88 Å². The Morgan fingerprint density at radius 2 is 1.68 bits per heavy atom. The van der Waals surface area contributed by atoms with Crippen LogP contribution in [-0.2, 0) is 6.61 Å². The number of methoxy groups -OCH3 is 1. The summed E-state index contributed by atoms with van der Waals surface area (Å²) in [6.07, 6.45) is 4.43. The number of carbonyl (C=O) groups is 2. The summed E-state index contributed by atoms with van der Waals surface area (Å²) >= 11 is 1.50. The Hall–Kier alpha value is -3.59. The molecule has 1 aromatic heterocycles. The molecule has 3 amide bonds. The number of benzene rings is 2. The Balaban J connectivity index is 1.34. The van der Waals surface area contributed by atoms with Crippen molar-refractivity contribution in [3.05, 3.63) is 64.6 Å². The summed E-state index contributed by atoms with van der Waals surface area (Å²) in [6.45, 7) is 1.91. The first-order chi connectivity index (χ1) is 16.6. The molecule has 8 nitrogen and oxygen atoms in total. The van der Waals surface area contributed by atoms with Crippen LogP contribution < -0.4 is 20.1 Å². The number of rotatable bonds is 7. The summed E-state index contributed by atoms with van der Waals surface area (Å²) in [5.41, 5.74) is 4.34. The van der Waals surface area contributed by atoms with Gasteiger partial charge in [-0.15, -0.1) is 11.3 Å². The van der Waals surface area contributed by atoms with Crippen LogP contribution in [0.3, 0.4) is 0 Å². The smallest absolute Gasteiger partial charge is 0.321 e. The fraction of sp³-hybridized carbons (Fsp3) is 0.320. The molecule has 178 valence electrons. The second-order valence-electron chi connectivity index (χ2n) is 8.00. The quantitative estimate of drug-likeness (QED) is 0.473. The molecule has 1 aliphatic rings. The second kappa shape index (κ2) is 11.5. The topological polar surface area (TPSA) is 92.8 Å². The van der Waals surface area contributed by atoms with Crippen LogP contribution >= 0.6 is 11.3 Å². The number of carbonyl (C=O) groups excluding carboxylic acids is 2. The van der Waals surface area contributed by atoms with E-state index in [-0.39, 0.29) is 11.9 Å². The molecule has 0 aliphatic carbocycles. The van der Waals surface area contributed by atoms with E-state index in [0.29, 0.717) is 35.0 Å². The molecule has 1 fully saturated rings. The van der Waals surface area contributed by atoms with Gasteiger partial charge in [0.2, 0.25) is 0 Å². The van der Waals surface area contributed by atoms with Crippen molar-refractivity contribution < 1.29 is 19.1 Å². The predicted molar refractivity (Wildman–Crippen MR) is 133 cm³/mol. The summed E-state index contributed by atoms with van der Waals surface area (Å²) in [5, 5.41) is 7.72. The minimum absolute atomic E-state index is 0.0807. The van der Waals surface area contributed by atoms with Gasteiger partial charge in [0.15, 0.2) is 11.5 Å². The van der Waals surface area contributed by atoms with Gasteiger partial charge in [0.05, 0.1) is 18.3 Å². The van der Waals surface area contributed by atoms with Gasteiger partial charge in [-0.1, -0.05) is 12.8 Å². The molecule has 3 aromatic rings. The van der Waals surface area contributed by atoms with Gasteiger partial charge in [0.1, 0.15) is 6.61 Å².